The molecule has 0 saturated heterocycles. The van der Waals surface area contributed by atoms with Gasteiger partial charge in [-0.2, -0.15) is 0 Å². The van der Waals surface area contributed by atoms with Crippen LogP contribution in [-0.4, -0.2) is 74.3 Å². The van der Waals surface area contributed by atoms with Gasteiger partial charge in [0.1, 0.15) is 19.3 Å². The van der Waals surface area contributed by atoms with E-state index in [0.717, 1.165) is 77.0 Å². The number of allylic oxidation sites excluding steroid dienone is 11. The standard InChI is InChI=1S/C55H99N2O7P/c1-7-10-13-16-19-22-25-26-27-28-29-30-33-36-39-42-45-48-55(59)64-53(46-43-40-37-34-31-23-20-17-14-11-8-2)52(51-63-65(60,61)62-50-49-57(4,5)6)56-54(58)47-44-41-38-35-32-24-21-18-15-12-9-3/h10,13,19,22,26-27,29-30,36,39,43,46,52-53H,7-9,11-12,14-18,20-21,23-25,28,31-35,37-38,40-42,44-45,47-51H2,1-6H3,(H-,56,58,60,61)/p+1/b13-10-,22-19-,27-26-,30-29-,39-36-,46-43+. The van der Waals surface area contributed by atoms with Crippen LogP contribution in [0.25, 0.3) is 0 Å². The summed E-state index contributed by atoms with van der Waals surface area (Å²) >= 11 is 0. The van der Waals surface area contributed by atoms with Gasteiger partial charge in [0.25, 0.3) is 0 Å². The van der Waals surface area contributed by atoms with Crippen LogP contribution in [0.1, 0.15) is 213 Å². The summed E-state index contributed by atoms with van der Waals surface area (Å²) in [5, 5.41) is 3.02. The largest absolute Gasteiger partial charge is 0.472 e. The smallest absolute Gasteiger partial charge is 0.456 e. The predicted molar refractivity (Wildman–Crippen MR) is 277 cm³/mol. The van der Waals surface area contributed by atoms with Gasteiger partial charge in [-0.05, 0) is 70.3 Å². The number of esters is 1. The minimum absolute atomic E-state index is 0.0299. The first-order valence-electron chi connectivity index (χ1n) is 26.3. The van der Waals surface area contributed by atoms with Crippen molar-refractivity contribution in [1.82, 2.24) is 5.32 Å². The lowest BCUT2D eigenvalue weighted by Crippen LogP contribution is -2.47. The molecule has 0 bridgehead atoms. The zero-order valence-corrected chi connectivity index (χ0v) is 43.6. The van der Waals surface area contributed by atoms with Crippen LogP contribution < -0.4 is 5.32 Å². The average Bonchev–Trinajstić information content (AvgIpc) is 3.26. The molecule has 0 heterocycles. The number of nitrogens with one attached hydrogen (secondary N) is 1. The van der Waals surface area contributed by atoms with E-state index in [1.807, 2.05) is 33.3 Å². The van der Waals surface area contributed by atoms with Crippen LogP contribution in [0.5, 0.6) is 0 Å². The lowest BCUT2D eigenvalue weighted by molar-refractivity contribution is -0.870. The first kappa shape index (κ1) is 62.4. The van der Waals surface area contributed by atoms with Crippen LogP contribution in [0.3, 0.4) is 0 Å². The molecule has 0 aliphatic heterocycles. The molecular weight excluding hydrogens is 832 g/mol. The molecule has 0 aliphatic rings. The second-order valence-corrected chi connectivity index (χ2v) is 20.1. The summed E-state index contributed by atoms with van der Waals surface area (Å²) in [6.45, 7) is 6.82. The number of unbranched alkanes of at least 4 members (excludes halogenated alkanes) is 20. The average molecular weight is 932 g/mol. The van der Waals surface area contributed by atoms with Crippen LogP contribution in [0.2, 0.25) is 0 Å². The number of rotatable bonds is 46. The van der Waals surface area contributed by atoms with Crippen molar-refractivity contribution in [3.8, 4) is 0 Å². The third-order valence-corrected chi connectivity index (χ3v) is 12.1. The summed E-state index contributed by atoms with van der Waals surface area (Å²) in [4.78, 5) is 37.4. The molecule has 2 N–H and O–H groups in total. The van der Waals surface area contributed by atoms with E-state index in [2.05, 4.69) is 86.8 Å². The lowest BCUT2D eigenvalue weighted by atomic mass is 10.0. The number of likely N-dealkylation sites (N-methyl/N-ethyl adjacent to an activating group) is 1. The van der Waals surface area contributed by atoms with Crippen molar-refractivity contribution in [3.05, 3.63) is 72.9 Å². The molecule has 3 unspecified atom stereocenters. The van der Waals surface area contributed by atoms with Gasteiger partial charge in [0.05, 0.1) is 33.8 Å². The highest BCUT2D eigenvalue weighted by atomic mass is 31.2. The Morgan fingerprint density at radius 3 is 1.49 bits per heavy atom. The van der Waals surface area contributed by atoms with Gasteiger partial charge in [0, 0.05) is 12.8 Å². The fourth-order valence-electron chi connectivity index (χ4n) is 7.09. The molecule has 0 aromatic carbocycles. The third-order valence-electron chi connectivity index (χ3n) is 11.2. The van der Waals surface area contributed by atoms with Crippen LogP contribution in [0.4, 0.5) is 0 Å². The highest BCUT2D eigenvalue weighted by molar-refractivity contribution is 7.47. The van der Waals surface area contributed by atoms with E-state index < -0.39 is 20.0 Å². The zero-order chi connectivity index (χ0) is 48.0. The molecule has 1 amide bonds. The lowest BCUT2D eigenvalue weighted by Gasteiger charge is -2.27. The number of carbonyl (C=O) groups excluding carboxylic acids is 2. The molecular formula is C55H100N2O7P+. The molecule has 9 nitrogen and oxygen atoms in total. The minimum atomic E-state index is -4.45. The number of quaternary nitrogens is 1. The molecule has 65 heavy (non-hydrogen) atoms. The van der Waals surface area contributed by atoms with Crippen molar-refractivity contribution < 1.29 is 37.3 Å². The first-order valence-corrected chi connectivity index (χ1v) is 27.8. The highest BCUT2D eigenvalue weighted by Gasteiger charge is 2.30. The van der Waals surface area contributed by atoms with E-state index in [-0.39, 0.29) is 31.5 Å². The highest BCUT2D eigenvalue weighted by Crippen LogP contribution is 2.43. The van der Waals surface area contributed by atoms with Gasteiger partial charge in [-0.3, -0.25) is 18.6 Å². The van der Waals surface area contributed by atoms with Crippen molar-refractivity contribution in [2.75, 3.05) is 40.9 Å². The molecule has 0 fully saturated rings. The topological polar surface area (TPSA) is 111 Å². The normalized spacial score (nSPS) is 14.5. The van der Waals surface area contributed by atoms with Crippen molar-refractivity contribution >= 4 is 19.7 Å². The molecule has 0 rings (SSSR count). The van der Waals surface area contributed by atoms with E-state index in [0.29, 0.717) is 23.9 Å². The quantitative estimate of drug-likeness (QED) is 0.0206. The van der Waals surface area contributed by atoms with E-state index in [4.69, 9.17) is 13.8 Å². The fraction of sp³-hybridized carbons (Fsp3) is 0.745. The van der Waals surface area contributed by atoms with E-state index in [9.17, 15) is 19.0 Å². The second kappa shape index (κ2) is 45.2. The van der Waals surface area contributed by atoms with Crippen LogP contribution in [-0.2, 0) is 27.9 Å². The maximum Gasteiger partial charge on any atom is 0.472 e. The maximum absolute atomic E-state index is 13.4. The minimum Gasteiger partial charge on any atom is -0.456 e. The zero-order valence-electron chi connectivity index (χ0n) is 42.7. The van der Waals surface area contributed by atoms with Crippen molar-refractivity contribution in [2.24, 2.45) is 0 Å². The molecule has 0 aliphatic carbocycles. The second-order valence-electron chi connectivity index (χ2n) is 18.7. The van der Waals surface area contributed by atoms with E-state index in [1.165, 1.54) is 96.3 Å². The SMILES string of the molecule is CC/C=C\C/C=C\C/C=C\C/C=C\C/C=C\CCCC(=O)OC(/C=C/CCCCCCCCCCC)C(COP(=O)(O)OCC[N+](C)(C)C)NC(=O)CCCCCCCCCCCCC. The van der Waals surface area contributed by atoms with Gasteiger partial charge in [0.15, 0.2) is 0 Å². The number of ether oxygens (including phenoxy) is 1. The van der Waals surface area contributed by atoms with E-state index >= 15 is 0 Å². The van der Waals surface area contributed by atoms with Crippen molar-refractivity contribution in [3.63, 3.8) is 0 Å². The Bertz CT molecular complexity index is 1350. The Hall–Kier alpha value is -2.55. The Labute approximate surface area is 400 Å². The summed E-state index contributed by atoms with van der Waals surface area (Å²) in [6.07, 6.45) is 56.2. The summed E-state index contributed by atoms with van der Waals surface area (Å²) in [5.74, 6) is -0.578. The van der Waals surface area contributed by atoms with Gasteiger partial charge in [-0.1, -0.05) is 203 Å². The van der Waals surface area contributed by atoms with Gasteiger partial charge in [-0.25, -0.2) is 4.57 Å². The number of hydrogen-bond acceptors (Lipinski definition) is 6. The number of carbonyl (C=O) groups is 2. The predicted octanol–water partition coefficient (Wildman–Crippen LogP) is 15.3. The molecule has 3 atom stereocenters. The molecule has 376 valence electrons. The van der Waals surface area contributed by atoms with Gasteiger partial charge in [-0.15, -0.1) is 0 Å². The summed E-state index contributed by atoms with van der Waals surface area (Å²) < 4.78 is 30.4. The van der Waals surface area contributed by atoms with Crippen molar-refractivity contribution in [2.45, 2.75) is 226 Å². The number of nitrogens with zero attached hydrogens (tertiary/aromatic N) is 1. The Kier molecular flexibility index (Phi) is 43.5. The van der Waals surface area contributed by atoms with Crippen LogP contribution >= 0.6 is 7.82 Å². The number of phosphoric ester groups is 1. The van der Waals surface area contributed by atoms with Gasteiger partial charge < -0.3 is 19.4 Å². The molecule has 0 spiro atoms. The maximum atomic E-state index is 13.4. The summed E-state index contributed by atoms with van der Waals surface area (Å²) in [5.41, 5.74) is 0. The Balaban J connectivity index is 5.49. The number of amides is 1. The Morgan fingerprint density at radius 2 is 1.00 bits per heavy atom. The molecule has 0 aromatic rings. The third kappa shape index (κ3) is 46.4. The molecule has 0 radical (unpaired) electrons. The van der Waals surface area contributed by atoms with Crippen LogP contribution in [0.15, 0.2) is 72.9 Å². The Morgan fingerprint density at radius 1 is 0.554 bits per heavy atom. The molecule has 0 aromatic heterocycles. The van der Waals surface area contributed by atoms with Crippen molar-refractivity contribution in [1.29, 1.82) is 0 Å². The first-order chi connectivity index (χ1) is 31.4. The van der Waals surface area contributed by atoms with Gasteiger partial charge >= 0.3 is 13.8 Å². The molecule has 10 heteroatoms. The monoisotopic (exact) mass is 932 g/mol. The fourth-order valence-corrected chi connectivity index (χ4v) is 7.83. The van der Waals surface area contributed by atoms with Crippen LogP contribution in [0, 0.1) is 0 Å². The van der Waals surface area contributed by atoms with E-state index in [1.54, 1.807) is 0 Å². The number of phosphoric acid groups is 1. The summed E-state index contributed by atoms with van der Waals surface area (Å²) in [7, 11) is 1.46. The number of hydrogen-bond donors (Lipinski definition) is 2. The summed E-state index contributed by atoms with van der Waals surface area (Å²) in [6, 6.07) is -0.869. The molecule has 0 saturated carbocycles. The van der Waals surface area contributed by atoms with Gasteiger partial charge in [0.2, 0.25) is 5.91 Å².